The predicted octanol–water partition coefficient (Wildman–Crippen LogP) is 1.70. The second-order valence-electron chi connectivity index (χ2n) is 5.17. The number of nitrogens with one attached hydrogen (secondary N) is 1. The van der Waals surface area contributed by atoms with Crippen LogP contribution in [0.4, 0.5) is 4.39 Å². The smallest absolute Gasteiger partial charge is 0.354 e. The highest BCUT2D eigenvalue weighted by Gasteiger charge is 2.19. The highest BCUT2D eigenvalue weighted by Crippen LogP contribution is 2.14. The van der Waals surface area contributed by atoms with E-state index in [1.165, 1.54) is 48.1 Å². The Bertz CT molecular complexity index is 831. The number of esters is 1. The number of hydrogen-bond acceptors (Lipinski definition) is 5. The molecule has 0 saturated heterocycles. The number of carbonyl (C=O) groups is 1. The predicted molar refractivity (Wildman–Crippen MR) is 88.5 cm³/mol. The summed E-state index contributed by atoms with van der Waals surface area (Å²) in [6.45, 7) is 0.407. The minimum atomic E-state index is -3.62. The zero-order valence-corrected chi connectivity index (χ0v) is 14.7. The van der Waals surface area contributed by atoms with Gasteiger partial charge in [-0.15, -0.1) is 0 Å². The molecule has 1 heterocycles. The molecule has 0 atom stereocenters. The lowest BCUT2D eigenvalue weighted by atomic mass is 10.3. The van der Waals surface area contributed by atoms with Crippen molar-refractivity contribution in [3.05, 3.63) is 48.0 Å². The summed E-state index contributed by atoms with van der Waals surface area (Å²) >= 11 is 0. The van der Waals surface area contributed by atoms with E-state index in [0.29, 0.717) is 18.8 Å². The molecule has 25 heavy (non-hydrogen) atoms. The molecular weight excluding hydrogens is 351 g/mol. The number of halogens is 1. The van der Waals surface area contributed by atoms with E-state index in [9.17, 15) is 17.6 Å². The van der Waals surface area contributed by atoms with Crippen LogP contribution < -0.4 is 9.46 Å². The molecule has 7 nitrogen and oxygen atoms in total. The van der Waals surface area contributed by atoms with Gasteiger partial charge in [0.1, 0.15) is 22.2 Å². The third-order valence-corrected chi connectivity index (χ3v) is 4.75. The standard InChI is InChI=1S/C16H19FN2O5S/c1-18-25(21,22)14-10-15(19(2)11-14)16(20)24-9-3-8-23-13-6-4-12(17)5-7-13/h4-7,10-11,18H,3,8-9H2,1-2H3. The van der Waals surface area contributed by atoms with Crippen LogP contribution >= 0.6 is 0 Å². The second kappa shape index (κ2) is 8.13. The Hall–Kier alpha value is -2.39. The van der Waals surface area contributed by atoms with Crippen LogP contribution in [0.15, 0.2) is 41.4 Å². The second-order valence-corrected chi connectivity index (χ2v) is 7.06. The molecule has 1 N–H and O–H groups in total. The molecule has 1 aromatic carbocycles. The average Bonchev–Trinajstić information content (AvgIpc) is 2.99. The zero-order chi connectivity index (χ0) is 18.4. The Labute approximate surface area is 145 Å². The van der Waals surface area contributed by atoms with Gasteiger partial charge in [0.15, 0.2) is 0 Å². The molecule has 0 aliphatic rings. The van der Waals surface area contributed by atoms with Gasteiger partial charge in [-0.05, 0) is 37.4 Å². The highest BCUT2D eigenvalue weighted by molar-refractivity contribution is 7.89. The lowest BCUT2D eigenvalue weighted by Crippen LogP contribution is -2.17. The molecular formula is C16H19FN2O5S. The van der Waals surface area contributed by atoms with Gasteiger partial charge >= 0.3 is 5.97 Å². The molecule has 2 aromatic rings. The summed E-state index contributed by atoms with van der Waals surface area (Å²) in [4.78, 5) is 12.0. The number of rotatable bonds is 8. The number of carbonyl (C=O) groups excluding carboxylic acids is 1. The SMILES string of the molecule is CNS(=O)(=O)c1cc(C(=O)OCCCOc2ccc(F)cc2)n(C)c1. The lowest BCUT2D eigenvalue weighted by molar-refractivity contribution is 0.0475. The minimum Gasteiger partial charge on any atom is -0.493 e. The van der Waals surface area contributed by atoms with Crippen molar-refractivity contribution < 1.29 is 27.1 Å². The zero-order valence-electron chi connectivity index (χ0n) is 13.9. The molecule has 136 valence electrons. The van der Waals surface area contributed by atoms with E-state index < -0.39 is 16.0 Å². The van der Waals surface area contributed by atoms with Crippen molar-refractivity contribution in [3.8, 4) is 5.75 Å². The number of ether oxygens (including phenoxy) is 2. The molecule has 9 heteroatoms. The van der Waals surface area contributed by atoms with Gasteiger partial charge < -0.3 is 14.0 Å². The first kappa shape index (κ1) is 18.9. The van der Waals surface area contributed by atoms with Gasteiger partial charge in [-0.25, -0.2) is 22.3 Å². The highest BCUT2D eigenvalue weighted by atomic mass is 32.2. The number of aryl methyl sites for hydroxylation is 1. The van der Waals surface area contributed by atoms with Crippen molar-refractivity contribution in [2.75, 3.05) is 20.3 Å². The summed E-state index contributed by atoms with van der Waals surface area (Å²) in [6.07, 6.45) is 1.77. The van der Waals surface area contributed by atoms with Gasteiger partial charge in [-0.2, -0.15) is 0 Å². The van der Waals surface area contributed by atoms with Crippen LogP contribution in [-0.2, 0) is 21.8 Å². The number of aromatic nitrogens is 1. The molecule has 1 aromatic heterocycles. The van der Waals surface area contributed by atoms with Gasteiger partial charge in [0.05, 0.1) is 13.2 Å². The van der Waals surface area contributed by atoms with E-state index in [4.69, 9.17) is 9.47 Å². The van der Waals surface area contributed by atoms with Crippen molar-refractivity contribution in [1.82, 2.24) is 9.29 Å². The minimum absolute atomic E-state index is 0.0101. The van der Waals surface area contributed by atoms with Crippen molar-refractivity contribution in [2.45, 2.75) is 11.3 Å². The fourth-order valence-electron chi connectivity index (χ4n) is 2.02. The van der Waals surface area contributed by atoms with Crippen LogP contribution in [0.5, 0.6) is 5.75 Å². The third kappa shape index (κ3) is 5.04. The summed E-state index contributed by atoms with van der Waals surface area (Å²) in [6, 6.07) is 6.86. The third-order valence-electron chi connectivity index (χ3n) is 3.37. The van der Waals surface area contributed by atoms with Crippen LogP contribution in [0.25, 0.3) is 0 Å². The van der Waals surface area contributed by atoms with Gasteiger partial charge in [-0.3, -0.25) is 0 Å². The van der Waals surface area contributed by atoms with Crippen LogP contribution in [0, 0.1) is 5.82 Å². The summed E-state index contributed by atoms with van der Waals surface area (Å²) in [7, 11) is -0.770. The Morgan fingerprint density at radius 3 is 2.56 bits per heavy atom. The number of benzene rings is 1. The van der Waals surface area contributed by atoms with Crippen molar-refractivity contribution in [2.24, 2.45) is 7.05 Å². The molecule has 0 amide bonds. The maximum Gasteiger partial charge on any atom is 0.354 e. The Kier molecular flexibility index (Phi) is 6.16. The number of sulfonamides is 1. The fourth-order valence-corrected chi connectivity index (χ4v) is 2.82. The van der Waals surface area contributed by atoms with Gasteiger partial charge in [-0.1, -0.05) is 0 Å². The van der Waals surface area contributed by atoms with Crippen LogP contribution in [0.1, 0.15) is 16.9 Å². The quantitative estimate of drug-likeness (QED) is 0.565. The molecule has 0 unspecified atom stereocenters. The largest absolute Gasteiger partial charge is 0.493 e. The first-order valence-corrected chi connectivity index (χ1v) is 8.97. The summed E-state index contributed by atoms with van der Waals surface area (Å²) in [5.74, 6) is -0.442. The molecule has 2 rings (SSSR count). The maximum absolute atomic E-state index is 12.8. The molecule has 0 aliphatic heterocycles. The molecule has 0 spiro atoms. The van der Waals surface area contributed by atoms with Crippen LogP contribution in [0.2, 0.25) is 0 Å². The summed E-state index contributed by atoms with van der Waals surface area (Å²) < 4.78 is 50.3. The first-order chi connectivity index (χ1) is 11.8. The molecule has 0 fully saturated rings. The van der Waals surface area contributed by atoms with Crippen LogP contribution in [-0.4, -0.2) is 39.2 Å². The molecule has 0 radical (unpaired) electrons. The van der Waals surface area contributed by atoms with Gasteiger partial charge in [0.25, 0.3) is 0 Å². The van der Waals surface area contributed by atoms with Gasteiger partial charge in [0, 0.05) is 19.7 Å². The topological polar surface area (TPSA) is 86.6 Å². The van der Waals surface area contributed by atoms with Crippen LogP contribution in [0.3, 0.4) is 0 Å². The monoisotopic (exact) mass is 370 g/mol. The van der Waals surface area contributed by atoms with E-state index in [2.05, 4.69) is 4.72 Å². The van der Waals surface area contributed by atoms with E-state index >= 15 is 0 Å². The number of hydrogen-bond donors (Lipinski definition) is 1. The maximum atomic E-state index is 12.8. The number of nitrogens with zero attached hydrogens (tertiary/aromatic N) is 1. The van der Waals surface area contributed by atoms with E-state index in [-0.39, 0.29) is 23.0 Å². The lowest BCUT2D eigenvalue weighted by Gasteiger charge is -2.07. The average molecular weight is 370 g/mol. The fraction of sp³-hybridized carbons (Fsp3) is 0.312. The normalized spacial score (nSPS) is 11.3. The van der Waals surface area contributed by atoms with Crippen molar-refractivity contribution in [3.63, 3.8) is 0 Å². The van der Waals surface area contributed by atoms with E-state index in [0.717, 1.165) is 0 Å². The summed E-state index contributed by atoms with van der Waals surface area (Å²) in [5.41, 5.74) is 0.133. The molecule has 0 saturated carbocycles. The van der Waals surface area contributed by atoms with E-state index in [1.54, 1.807) is 7.05 Å². The molecule has 0 aliphatic carbocycles. The van der Waals surface area contributed by atoms with Gasteiger partial charge in [0.2, 0.25) is 10.0 Å². The van der Waals surface area contributed by atoms with Crippen molar-refractivity contribution in [1.29, 1.82) is 0 Å². The first-order valence-electron chi connectivity index (χ1n) is 7.49. The molecule has 0 bridgehead atoms. The van der Waals surface area contributed by atoms with E-state index in [1.807, 2.05) is 0 Å². The Morgan fingerprint density at radius 1 is 1.24 bits per heavy atom. The Morgan fingerprint density at radius 2 is 1.92 bits per heavy atom. The summed E-state index contributed by atoms with van der Waals surface area (Å²) in [5, 5.41) is 0. The Balaban J connectivity index is 1.81. The van der Waals surface area contributed by atoms with Crippen molar-refractivity contribution >= 4 is 16.0 Å².